The molecule has 0 atom stereocenters. The molecule has 0 aliphatic carbocycles. The zero-order chi connectivity index (χ0) is 11.9. The fourth-order valence-electron chi connectivity index (χ4n) is 1.13. The van der Waals surface area contributed by atoms with E-state index in [4.69, 9.17) is 11.6 Å². The van der Waals surface area contributed by atoms with Crippen molar-refractivity contribution in [1.82, 2.24) is 8.61 Å². The first-order chi connectivity index (χ1) is 6.96. The molecule has 0 spiro atoms. The first-order valence-electron chi connectivity index (χ1n) is 5.20. The van der Waals surface area contributed by atoms with Gasteiger partial charge in [0.25, 0.3) is 10.2 Å². The summed E-state index contributed by atoms with van der Waals surface area (Å²) in [5, 5.41) is 0. The van der Waals surface area contributed by atoms with Crippen molar-refractivity contribution in [3.63, 3.8) is 0 Å². The van der Waals surface area contributed by atoms with Gasteiger partial charge in [-0.05, 0) is 12.8 Å². The number of hydrogen-bond donors (Lipinski definition) is 0. The van der Waals surface area contributed by atoms with Gasteiger partial charge in [-0.2, -0.15) is 17.0 Å². The molecular formula is C9H21ClN2O2S. The molecule has 15 heavy (non-hydrogen) atoms. The van der Waals surface area contributed by atoms with E-state index < -0.39 is 10.2 Å². The number of alkyl halides is 1. The lowest BCUT2D eigenvalue weighted by atomic mass is 10.3. The van der Waals surface area contributed by atoms with Crippen LogP contribution in [-0.4, -0.2) is 50.1 Å². The van der Waals surface area contributed by atoms with Gasteiger partial charge in [-0.25, -0.2) is 0 Å². The summed E-state index contributed by atoms with van der Waals surface area (Å²) in [6, 6.07) is 0. The van der Waals surface area contributed by atoms with Crippen molar-refractivity contribution in [2.75, 3.05) is 33.1 Å². The molecule has 0 rings (SSSR count). The van der Waals surface area contributed by atoms with E-state index in [2.05, 4.69) is 0 Å². The number of rotatable bonds is 8. The highest BCUT2D eigenvalue weighted by atomic mass is 35.5. The Hall–Kier alpha value is 0.160. The molecule has 0 radical (unpaired) electrons. The average Bonchev–Trinajstić information content (AvgIpc) is 2.21. The Bertz CT molecular complexity index is 237. The number of unbranched alkanes of at least 4 members (excludes halogenated alkanes) is 1. The van der Waals surface area contributed by atoms with Crippen LogP contribution in [0.3, 0.4) is 0 Å². The molecule has 0 aromatic heterocycles. The molecule has 0 saturated carbocycles. The summed E-state index contributed by atoms with van der Waals surface area (Å²) in [6.07, 6.45) is 2.56. The predicted molar refractivity (Wildman–Crippen MR) is 64.4 cm³/mol. The topological polar surface area (TPSA) is 40.6 Å². The summed E-state index contributed by atoms with van der Waals surface area (Å²) in [7, 11) is -0.0745. The molecule has 0 N–H and O–H groups in total. The molecule has 0 heterocycles. The Kier molecular flexibility index (Phi) is 7.52. The van der Waals surface area contributed by atoms with Gasteiger partial charge in [-0.15, -0.1) is 11.6 Å². The molecule has 0 aromatic rings. The summed E-state index contributed by atoms with van der Waals surface area (Å²) in [6.45, 7) is 3.09. The van der Waals surface area contributed by atoms with Crippen molar-refractivity contribution in [1.29, 1.82) is 0 Å². The van der Waals surface area contributed by atoms with Gasteiger partial charge in [0.2, 0.25) is 0 Å². The quantitative estimate of drug-likeness (QED) is 0.618. The highest BCUT2D eigenvalue weighted by Gasteiger charge is 2.22. The third-order valence-corrected chi connectivity index (χ3v) is 4.43. The van der Waals surface area contributed by atoms with Gasteiger partial charge in [0.15, 0.2) is 0 Å². The van der Waals surface area contributed by atoms with Gasteiger partial charge in [0, 0.05) is 33.1 Å². The molecule has 0 saturated heterocycles. The SMILES string of the molecule is CCCCN(C)S(=O)(=O)N(C)CCCCl. The molecule has 0 aliphatic rings. The Balaban J connectivity index is 4.25. The normalized spacial score (nSPS) is 12.7. The molecule has 0 unspecified atom stereocenters. The Morgan fingerprint density at radius 1 is 1.07 bits per heavy atom. The van der Waals surface area contributed by atoms with Crippen LogP contribution in [0, 0.1) is 0 Å². The highest BCUT2D eigenvalue weighted by molar-refractivity contribution is 7.86. The van der Waals surface area contributed by atoms with Gasteiger partial charge < -0.3 is 0 Å². The van der Waals surface area contributed by atoms with Crippen molar-refractivity contribution in [3.05, 3.63) is 0 Å². The number of hydrogen-bond acceptors (Lipinski definition) is 2. The van der Waals surface area contributed by atoms with Crippen LogP contribution in [0.1, 0.15) is 26.2 Å². The highest BCUT2D eigenvalue weighted by Crippen LogP contribution is 2.06. The van der Waals surface area contributed by atoms with Crippen LogP contribution in [-0.2, 0) is 10.2 Å². The average molecular weight is 257 g/mol. The van der Waals surface area contributed by atoms with E-state index in [0.29, 0.717) is 25.4 Å². The lowest BCUT2D eigenvalue weighted by Gasteiger charge is -2.23. The maximum absolute atomic E-state index is 11.9. The van der Waals surface area contributed by atoms with Gasteiger partial charge in [-0.3, -0.25) is 0 Å². The van der Waals surface area contributed by atoms with Gasteiger partial charge >= 0.3 is 0 Å². The lowest BCUT2D eigenvalue weighted by molar-refractivity contribution is 0.388. The molecular weight excluding hydrogens is 236 g/mol. The maximum Gasteiger partial charge on any atom is 0.281 e. The van der Waals surface area contributed by atoms with Crippen molar-refractivity contribution < 1.29 is 8.42 Å². The summed E-state index contributed by atoms with van der Waals surface area (Å²) in [4.78, 5) is 0. The Labute approximate surface area is 98.4 Å². The maximum atomic E-state index is 11.9. The zero-order valence-electron chi connectivity index (χ0n) is 9.74. The van der Waals surface area contributed by atoms with Gasteiger partial charge in [0.05, 0.1) is 0 Å². The second kappa shape index (κ2) is 7.44. The van der Waals surface area contributed by atoms with Crippen molar-refractivity contribution in [2.45, 2.75) is 26.2 Å². The first kappa shape index (κ1) is 15.2. The van der Waals surface area contributed by atoms with Gasteiger partial charge in [-0.1, -0.05) is 13.3 Å². The second-order valence-corrected chi connectivity index (χ2v) is 6.07. The fraction of sp³-hybridized carbons (Fsp3) is 1.00. The van der Waals surface area contributed by atoms with Crippen molar-refractivity contribution in [3.8, 4) is 0 Å². The van der Waals surface area contributed by atoms with E-state index in [0.717, 1.165) is 12.8 Å². The predicted octanol–water partition coefficient (Wildman–Crippen LogP) is 1.52. The van der Waals surface area contributed by atoms with Crippen LogP contribution in [0.25, 0.3) is 0 Å². The molecule has 92 valence electrons. The third-order valence-electron chi connectivity index (χ3n) is 2.22. The van der Waals surface area contributed by atoms with Crippen molar-refractivity contribution >= 4 is 21.8 Å². The zero-order valence-corrected chi connectivity index (χ0v) is 11.3. The van der Waals surface area contributed by atoms with Gasteiger partial charge in [0.1, 0.15) is 0 Å². The molecule has 4 nitrogen and oxygen atoms in total. The molecule has 6 heteroatoms. The van der Waals surface area contributed by atoms with Crippen LogP contribution in [0.15, 0.2) is 0 Å². The number of nitrogens with zero attached hydrogens (tertiary/aromatic N) is 2. The summed E-state index contributed by atoms with van der Waals surface area (Å²) >= 11 is 5.52. The van der Waals surface area contributed by atoms with Crippen LogP contribution >= 0.6 is 11.6 Å². The molecule has 0 fully saturated rings. The molecule has 0 aliphatic heterocycles. The summed E-state index contributed by atoms with van der Waals surface area (Å²) in [5.74, 6) is 0.485. The van der Waals surface area contributed by atoms with E-state index in [9.17, 15) is 8.42 Å². The summed E-state index contributed by atoms with van der Waals surface area (Å²) in [5.41, 5.74) is 0. The minimum Gasteiger partial charge on any atom is -0.195 e. The third kappa shape index (κ3) is 5.15. The van der Waals surface area contributed by atoms with E-state index in [-0.39, 0.29) is 0 Å². The van der Waals surface area contributed by atoms with Crippen LogP contribution in [0.4, 0.5) is 0 Å². The smallest absolute Gasteiger partial charge is 0.195 e. The standard InChI is InChI=1S/C9H21ClN2O2S/c1-4-5-8-11(2)15(13,14)12(3)9-6-7-10/h4-9H2,1-3H3. The van der Waals surface area contributed by atoms with Crippen LogP contribution < -0.4 is 0 Å². The van der Waals surface area contributed by atoms with Crippen molar-refractivity contribution in [2.24, 2.45) is 0 Å². The number of halogens is 1. The van der Waals surface area contributed by atoms with E-state index >= 15 is 0 Å². The Morgan fingerprint density at radius 3 is 1.93 bits per heavy atom. The minimum absolute atomic E-state index is 0.475. The van der Waals surface area contributed by atoms with E-state index in [1.807, 2.05) is 6.92 Å². The largest absolute Gasteiger partial charge is 0.281 e. The van der Waals surface area contributed by atoms with E-state index in [1.54, 1.807) is 14.1 Å². The van der Waals surface area contributed by atoms with E-state index in [1.165, 1.54) is 8.61 Å². The Morgan fingerprint density at radius 2 is 1.53 bits per heavy atom. The van der Waals surface area contributed by atoms with Crippen LogP contribution in [0.2, 0.25) is 0 Å². The lowest BCUT2D eigenvalue weighted by Crippen LogP contribution is -2.40. The first-order valence-corrected chi connectivity index (χ1v) is 7.13. The van der Waals surface area contributed by atoms with Crippen LogP contribution in [0.5, 0.6) is 0 Å². The second-order valence-electron chi connectivity index (χ2n) is 3.55. The molecule has 0 aromatic carbocycles. The minimum atomic E-state index is -3.28. The molecule has 0 bridgehead atoms. The monoisotopic (exact) mass is 256 g/mol. The molecule has 0 amide bonds. The fourth-order valence-corrected chi connectivity index (χ4v) is 2.45. The summed E-state index contributed by atoms with van der Waals surface area (Å²) < 4.78 is 26.4.